The Balaban J connectivity index is 1.53. The van der Waals surface area contributed by atoms with Gasteiger partial charge in [0.1, 0.15) is 6.04 Å². The third kappa shape index (κ3) is 2.62. The van der Waals surface area contributed by atoms with Crippen LogP contribution in [-0.4, -0.2) is 35.4 Å². The van der Waals surface area contributed by atoms with Gasteiger partial charge in [-0.2, -0.15) is 0 Å². The van der Waals surface area contributed by atoms with Gasteiger partial charge in [0.2, 0.25) is 5.78 Å². The number of nitrogens with one attached hydrogen (secondary N) is 3. The van der Waals surface area contributed by atoms with Crippen molar-refractivity contribution in [3.05, 3.63) is 24.0 Å². The van der Waals surface area contributed by atoms with Gasteiger partial charge in [0.15, 0.2) is 6.61 Å². The number of hydrogen-bond acceptors (Lipinski definition) is 5. The van der Waals surface area contributed by atoms with Gasteiger partial charge < -0.3 is 9.72 Å². The second kappa shape index (κ2) is 5.76. The second-order valence-electron chi connectivity index (χ2n) is 5.44. The summed E-state index contributed by atoms with van der Waals surface area (Å²) in [5.41, 5.74) is 6.64. The van der Waals surface area contributed by atoms with Gasteiger partial charge >= 0.3 is 5.97 Å². The molecule has 1 saturated carbocycles. The summed E-state index contributed by atoms with van der Waals surface area (Å²) < 4.78 is 5.15. The summed E-state index contributed by atoms with van der Waals surface area (Å²) >= 11 is 0. The van der Waals surface area contributed by atoms with Crippen molar-refractivity contribution in [3.63, 3.8) is 0 Å². The summed E-state index contributed by atoms with van der Waals surface area (Å²) in [6, 6.07) is 3.42. The van der Waals surface area contributed by atoms with Gasteiger partial charge in [-0.05, 0) is 25.0 Å². The number of aromatic amines is 1. The zero-order valence-electron chi connectivity index (χ0n) is 11.2. The average molecular weight is 277 g/mol. The maximum absolute atomic E-state index is 12.1. The number of aromatic nitrogens is 1. The molecule has 1 saturated heterocycles. The van der Waals surface area contributed by atoms with Crippen molar-refractivity contribution in [2.75, 3.05) is 6.61 Å². The lowest BCUT2D eigenvalue weighted by Crippen LogP contribution is -2.40. The van der Waals surface area contributed by atoms with E-state index in [0.29, 0.717) is 11.7 Å². The molecule has 3 N–H and O–H groups in total. The summed E-state index contributed by atoms with van der Waals surface area (Å²) in [4.78, 5) is 26.7. The quantitative estimate of drug-likeness (QED) is 0.559. The Kier molecular flexibility index (Phi) is 3.84. The highest BCUT2D eigenvalue weighted by Gasteiger charge is 2.41. The maximum Gasteiger partial charge on any atom is 0.325 e. The summed E-state index contributed by atoms with van der Waals surface area (Å²) in [5.74, 6) is -0.279. The van der Waals surface area contributed by atoms with E-state index in [0.717, 1.165) is 19.3 Å². The van der Waals surface area contributed by atoms with Crippen LogP contribution >= 0.6 is 0 Å². The van der Waals surface area contributed by atoms with Crippen LogP contribution in [0.4, 0.5) is 0 Å². The first-order valence-corrected chi connectivity index (χ1v) is 7.10. The van der Waals surface area contributed by atoms with Crippen molar-refractivity contribution in [3.8, 4) is 0 Å². The van der Waals surface area contributed by atoms with Crippen molar-refractivity contribution >= 4 is 11.8 Å². The van der Waals surface area contributed by atoms with Gasteiger partial charge in [0.25, 0.3) is 0 Å². The summed E-state index contributed by atoms with van der Waals surface area (Å²) in [7, 11) is 0. The van der Waals surface area contributed by atoms with Crippen LogP contribution in [0.25, 0.3) is 0 Å². The lowest BCUT2D eigenvalue weighted by atomic mass is 9.82. The number of carbonyl (C=O) groups excluding carboxylic acids is 2. The first kappa shape index (κ1) is 13.3. The van der Waals surface area contributed by atoms with E-state index in [1.54, 1.807) is 18.3 Å². The molecule has 0 aromatic carbocycles. The fraction of sp³-hybridized carbons (Fsp3) is 0.571. The van der Waals surface area contributed by atoms with Crippen LogP contribution in [-0.2, 0) is 9.53 Å². The van der Waals surface area contributed by atoms with Crippen molar-refractivity contribution in [2.45, 2.75) is 37.8 Å². The number of ether oxygens (including phenoxy) is 1. The molecule has 3 atom stereocenters. The smallest absolute Gasteiger partial charge is 0.325 e. The van der Waals surface area contributed by atoms with Crippen molar-refractivity contribution in [2.24, 2.45) is 5.92 Å². The van der Waals surface area contributed by atoms with E-state index >= 15 is 0 Å². The molecule has 0 radical (unpaired) electrons. The molecule has 0 bridgehead atoms. The van der Waals surface area contributed by atoms with E-state index in [1.807, 2.05) is 0 Å². The van der Waals surface area contributed by atoms with Gasteiger partial charge in [0, 0.05) is 18.2 Å². The normalized spacial score (nSPS) is 28.9. The minimum Gasteiger partial charge on any atom is -0.456 e. The summed E-state index contributed by atoms with van der Waals surface area (Å²) in [5, 5.41) is 0. The molecule has 3 rings (SSSR count). The van der Waals surface area contributed by atoms with Gasteiger partial charge in [-0.25, -0.2) is 5.43 Å². The Morgan fingerprint density at radius 1 is 1.25 bits per heavy atom. The molecule has 1 aliphatic carbocycles. The molecule has 6 nitrogen and oxygen atoms in total. The standard InChI is InChI=1S/C14H19N3O3/c18-12(11-6-3-7-15-11)8-20-14(19)13-9-4-1-2-5-10(9)16-17-13/h3,6-7,9-10,13,15-17H,1-2,4-5,8H2. The molecule has 108 valence electrons. The Morgan fingerprint density at radius 2 is 2.10 bits per heavy atom. The molecule has 2 aliphatic rings. The average Bonchev–Trinajstić information content (AvgIpc) is 3.13. The van der Waals surface area contributed by atoms with Gasteiger partial charge in [-0.3, -0.25) is 15.0 Å². The number of hydrogen-bond donors (Lipinski definition) is 3. The highest BCUT2D eigenvalue weighted by Crippen LogP contribution is 2.30. The van der Waals surface area contributed by atoms with E-state index in [-0.39, 0.29) is 30.3 Å². The fourth-order valence-corrected chi connectivity index (χ4v) is 3.08. The van der Waals surface area contributed by atoms with Gasteiger partial charge in [0.05, 0.1) is 5.69 Å². The monoisotopic (exact) mass is 277 g/mol. The number of carbonyl (C=O) groups is 2. The van der Waals surface area contributed by atoms with Crippen LogP contribution in [0.1, 0.15) is 36.2 Å². The maximum atomic E-state index is 12.1. The molecular formula is C14H19N3O3. The molecule has 2 fully saturated rings. The van der Waals surface area contributed by atoms with Crippen LogP contribution in [0, 0.1) is 5.92 Å². The molecule has 1 aromatic heterocycles. The highest BCUT2D eigenvalue weighted by atomic mass is 16.5. The Labute approximate surface area is 117 Å². The lowest BCUT2D eigenvalue weighted by molar-refractivity contribution is -0.146. The molecular weight excluding hydrogens is 258 g/mol. The van der Waals surface area contributed by atoms with Crippen LogP contribution in [0.3, 0.4) is 0 Å². The van der Waals surface area contributed by atoms with E-state index in [4.69, 9.17) is 4.74 Å². The third-order valence-electron chi connectivity index (χ3n) is 4.17. The Morgan fingerprint density at radius 3 is 2.90 bits per heavy atom. The lowest BCUT2D eigenvalue weighted by Gasteiger charge is -2.26. The minimum absolute atomic E-state index is 0.213. The van der Waals surface area contributed by atoms with Crippen molar-refractivity contribution in [1.82, 2.24) is 15.8 Å². The van der Waals surface area contributed by atoms with Crippen LogP contribution in [0.5, 0.6) is 0 Å². The van der Waals surface area contributed by atoms with Gasteiger partial charge in [-0.1, -0.05) is 12.8 Å². The number of hydrazine groups is 1. The number of ketones is 1. The third-order valence-corrected chi connectivity index (χ3v) is 4.17. The number of H-pyrrole nitrogens is 1. The first-order valence-electron chi connectivity index (χ1n) is 7.10. The topological polar surface area (TPSA) is 83.2 Å². The highest BCUT2D eigenvalue weighted by molar-refractivity contribution is 5.96. The fourth-order valence-electron chi connectivity index (χ4n) is 3.08. The number of fused-ring (bicyclic) bond motifs is 1. The van der Waals surface area contributed by atoms with E-state index in [9.17, 15) is 9.59 Å². The molecule has 2 heterocycles. The minimum atomic E-state index is -0.341. The molecule has 1 aromatic rings. The van der Waals surface area contributed by atoms with Crippen LogP contribution in [0.2, 0.25) is 0 Å². The molecule has 3 unspecified atom stereocenters. The first-order chi connectivity index (χ1) is 9.75. The van der Waals surface area contributed by atoms with Gasteiger partial charge in [-0.15, -0.1) is 0 Å². The van der Waals surface area contributed by atoms with Crippen LogP contribution in [0.15, 0.2) is 18.3 Å². The predicted molar refractivity (Wildman–Crippen MR) is 71.9 cm³/mol. The summed E-state index contributed by atoms with van der Waals surface area (Å²) in [6.07, 6.45) is 6.13. The van der Waals surface area contributed by atoms with Crippen molar-refractivity contribution < 1.29 is 14.3 Å². The SMILES string of the molecule is O=C(COC(=O)C1NNC2CCCCC21)c1ccc[nH]1. The Bertz CT molecular complexity index is 486. The molecule has 0 spiro atoms. The second-order valence-corrected chi connectivity index (χ2v) is 5.44. The van der Waals surface area contributed by atoms with E-state index < -0.39 is 0 Å². The number of esters is 1. The zero-order valence-corrected chi connectivity index (χ0v) is 11.2. The zero-order chi connectivity index (χ0) is 13.9. The van der Waals surface area contributed by atoms with E-state index in [2.05, 4.69) is 15.8 Å². The molecule has 0 amide bonds. The number of rotatable bonds is 4. The van der Waals surface area contributed by atoms with Crippen LogP contribution < -0.4 is 10.9 Å². The molecule has 20 heavy (non-hydrogen) atoms. The largest absolute Gasteiger partial charge is 0.456 e. The number of Topliss-reactive ketones (excluding diaryl/α,β-unsaturated/α-hetero) is 1. The van der Waals surface area contributed by atoms with Crippen molar-refractivity contribution in [1.29, 1.82) is 0 Å². The predicted octanol–water partition coefficient (Wildman–Crippen LogP) is 0.776. The van der Waals surface area contributed by atoms with E-state index in [1.165, 1.54) is 6.42 Å². The molecule has 1 aliphatic heterocycles. The Hall–Kier alpha value is -1.66. The summed E-state index contributed by atoms with van der Waals surface area (Å²) in [6.45, 7) is -0.213. The molecule has 6 heteroatoms.